The molecule has 1 N–H and O–H groups in total. The van der Waals surface area contributed by atoms with Gasteiger partial charge in [-0.25, -0.2) is 8.42 Å². The van der Waals surface area contributed by atoms with Gasteiger partial charge in [-0.05, 0) is 42.8 Å². The molecule has 0 bridgehead atoms. The van der Waals surface area contributed by atoms with E-state index in [9.17, 15) is 26.7 Å². The topological polar surface area (TPSA) is 70.1 Å². The minimum absolute atomic E-state index is 0.103. The lowest BCUT2D eigenvalue weighted by atomic mass is 10.2. The normalized spacial score (nSPS) is 17.5. The molecule has 31 heavy (non-hydrogen) atoms. The SMILES string of the molecule is Cc1cccc(OC[C@@H](O)CN2CCN(S(=O)(=O)c3cccc(C(F)(F)F)c3)CC2)c1. The number of aliphatic hydroxyl groups is 1. The monoisotopic (exact) mass is 458 g/mol. The Kier molecular flexibility index (Phi) is 7.25. The van der Waals surface area contributed by atoms with Crippen molar-refractivity contribution in [2.24, 2.45) is 0 Å². The van der Waals surface area contributed by atoms with Crippen LogP contribution in [0.4, 0.5) is 13.2 Å². The van der Waals surface area contributed by atoms with Gasteiger partial charge in [-0.2, -0.15) is 17.5 Å². The summed E-state index contributed by atoms with van der Waals surface area (Å²) in [7, 11) is -4.03. The molecule has 170 valence electrons. The van der Waals surface area contributed by atoms with E-state index in [1.54, 1.807) is 6.07 Å². The maximum atomic E-state index is 12.9. The van der Waals surface area contributed by atoms with Gasteiger partial charge in [0.05, 0.1) is 10.5 Å². The molecule has 0 spiro atoms. The van der Waals surface area contributed by atoms with E-state index < -0.39 is 27.9 Å². The van der Waals surface area contributed by atoms with Crippen molar-refractivity contribution in [1.82, 2.24) is 9.21 Å². The summed E-state index contributed by atoms with van der Waals surface area (Å²) in [5.74, 6) is 0.663. The van der Waals surface area contributed by atoms with Crippen LogP contribution in [-0.2, 0) is 16.2 Å². The fraction of sp³-hybridized carbons (Fsp3) is 0.429. The molecule has 1 aliphatic rings. The van der Waals surface area contributed by atoms with Gasteiger partial charge in [0.2, 0.25) is 10.0 Å². The van der Waals surface area contributed by atoms with Crippen LogP contribution >= 0.6 is 0 Å². The minimum atomic E-state index is -4.61. The first kappa shape index (κ1) is 23.5. The van der Waals surface area contributed by atoms with Crippen LogP contribution < -0.4 is 4.74 Å². The first-order chi connectivity index (χ1) is 14.6. The lowest BCUT2D eigenvalue weighted by Crippen LogP contribution is -2.50. The number of rotatable bonds is 7. The number of ether oxygens (including phenoxy) is 1. The molecule has 6 nitrogen and oxygen atoms in total. The smallest absolute Gasteiger partial charge is 0.416 e. The van der Waals surface area contributed by atoms with E-state index in [-0.39, 0.29) is 24.6 Å². The van der Waals surface area contributed by atoms with E-state index in [4.69, 9.17) is 4.74 Å². The molecule has 1 atom stereocenters. The highest BCUT2D eigenvalue weighted by molar-refractivity contribution is 7.89. The first-order valence-electron chi connectivity index (χ1n) is 9.83. The van der Waals surface area contributed by atoms with Crippen molar-refractivity contribution in [3.05, 3.63) is 59.7 Å². The lowest BCUT2D eigenvalue weighted by Gasteiger charge is -2.34. The summed E-state index contributed by atoms with van der Waals surface area (Å²) in [6.07, 6.45) is -5.37. The number of sulfonamides is 1. The quantitative estimate of drug-likeness (QED) is 0.691. The van der Waals surface area contributed by atoms with Crippen LogP contribution in [0.5, 0.6) is 5.75 Å². The largest absolute Gasteiger partial charge is 0.491 e. The molecular formula is C21H25F3N2O4S. The molecule has 0 unspecified atom stereocenters. The number of halogens is 3. The van der Waals surface area contributed by atoms with Crippen LogP contribution in [0.2, 0.25) is 0 Å². The average Bonchev–Trinajstić information content (AvgIpc) is 2.72. The molecular weight excluding hydrogens is 433 g/mol. The number of alkyl halides is 3. The van der Waals surface area contributed by atoms with Crippen LogP contribution in [0.25, 0.3) is 0 Å². The summed E-state index contributed by atoms with van der Waals surface area (Å²) in [4.78, 5) is 1.53. The van der Waals surface area contributed by atoms with Crippen LogP contribution in [0, 0.1) is 6.92 Å². The first-order valence-corrected chi connectivity index (χ1v) is 11.3. The van der Waals surface area contributed by atoms with Gasteiger partial charge >= 0.3 is 6.18 Å². The number of nitrogens with zero attached hydrogens (tertiary/aromatic N) is 2. The molecule has 1 heterocycles. The van der Waals surface area contributed by atoms with Gasteiger partial charge in [-0.15, -0.1) is 0 Å². The molecule has 2 aromatic carbocycles. The molecule has 0 saturated carbocycles. The number of β-amino-alcohol motifs (C(OH)–C–C–N with tert-alkyl or cyclic N) is 1. The Morgan fingerprint density at radius 3 is 2.39 bits per heavy atom. The van der Waals surface area contributed by atoms with Crippen LogP contribution in [0.15, 0.2) is 53.4 Å². The molecule has 10 heteroatoms. The van der Waals surface area contributed by atoms with Gasteiger partial charge in [0.25, 0.3) is 0 Å². The van der Waals surface area contributed by atoms with E-state index in [2.05, 4.69) is 0 Å². The van der Waals surface area contributed by atoms with E-state index in [1.807, 2.05) is 30.0 Å². The summed E-state index contributed by atoms with van der Waals surface area (Å²) in [5.41, 5.74) is 0.0500. The summed E-state index contributed by atoms with van der Waals surface area (Å²) >= 11 is 0. The number of hydrogen-bond donors (Lipinski definition) is 1. The van der Waals surface area contributed by atoms with E-state index in [1.165, 1.54) is 10.4 Å². The zero-order chi connectivity index (χ0) is 22.6. The van der Waals surface area contributed by atoms with Crippen molar-refractivity contribution in [1.29, 1.82) is 0 Å². The fourth-order valence-corrected chi connectivity index (χ4v) is 4.85. The van der Waals surface area contributed by atoms with Crippen molar-refractivity contribution < 1.29 is 31.4 Å². The minimum Gasteiger partial charge on any atom is -0.491 e. The Hall–Kier alpha value is -2.14. The van der Waals surface area contributed by atoms with E-state index >= 15 is 0 Å². The van der Waals surface area contributed by atoms with Crippen LogP contribution in [0.3, 0.4) is 0 Å². The predicted molar refractivity (Wildman–Crippen MR) is 109 cm³/mol. The van der Waals surface area contributed by atoms with Gasteiger partial charge in [0.15, 0.2) is 0 Å². The number of benzene rings is 2. The van der Waals surface area contributed by atoms with Crippen LogP contribution in [0.1, 0.15) is 11.1 Å². The molecule has 0 radical (unpaired) electrons. The predicted octanol–water partition coefficient (Wildman–Crippen LogP) is 2.76. The standard InChI is InChI=1S/C21H25F3N2O4S/c1-16-4-2-6-19(12-16)30-15-18(27)14-25-8-10-26(11-9-25)31(28,29)20-7-3-5-17(13-20)21(22,23)24/h2-7,12-13,18,27H,8-11,14-15H2,1H3/t18-/m0/s1. The third kappa shape index (κ3) is 6.19. The summed E-state index contributed by atoms with van der Waals surface area (Å²) < 4.78 is 71.0. The Bertz CT molecular complexity index is 990. The van der Waals surface area contributed by atoms with Crippen molar-refractivity contribution >= 4 is 10.0 Å². The third-order valence-electron chi connectivity index (χ3n) is 5.03. The highest BCUT2D eigenvalue weighted by Crippen LogP contribution is 2.31. The molecule has 1 saturated heterocycles. The second-order valence-electron chi connectivity index (χ2n) is 7.51. The Labute approximate surface area is 179 Å². The van der Waals surface area contributed by atoms with E-state index in [0.29, 0.717) is 31.5 Å². The van der Waals surface area contributed by atoms with Crippen molar-refractivity contribution in [2.75, 3.05) is 39.3 Å². The van der Waals surface area contributed by atoms with E-state index in [0.717, 1.165) is 17.7 Å². The average molecular weight is 459 g/mol. The van der Waals surface area contributed by atoms with Crippen molar-refractivity contribution in [3.8, 4) is 5.75 Å². The number of hydrogen-bond acceptors (Lipinski definition) is 5. The van der Waals surface area contributed by atoms with Gasteiger partial charge < -0.3 is 9.84 Å². The zero-order valence-electron chi connectivity index (χ0n) is 17.0. The van der Waals surface area contributed by atoms with Crippen LogP contribution in [-0.4, -0.2) is 68.2 Å². The molecule has 3 rings (SSSR count). The van der Waals surface area contributed by atoms with Gasteiger partial charge in [0.1, 0.15) is 18.5 Å². The fourth-order valence-electron chi connectivity index (χ4n) is 3.38. The summed E-state index contributed by atoms with van der Waals surface area (Å²) in [5, 5.41) is 10.2. The van der Waals surface area contributed by atoms with Gasteiger partial charge in [-0.3, -0.25) is 4.90 Å². The van der Waals surface area contributed by atoms with Gasteiger partial charge in [-0.1, -0.05) is 18.2 Å². The molecule has 0 aliphatic carbocycles. The molecule has 0 amide bonds. The van der Waals surface area contributed by atoms with Gasteiger partial charge in [0, 0.05) is 32.7 Å². The molecule has 0 aromatic heterocycles. The maximum Gasteiger partial charge on any atom is 0.416 e. The lowest BCUT2D eigenvalue weighted by molar-refractivity contribution is -0.137. The summed E-state index contributed by atoms with van der Waals surface area (Å²) in [6, 6.07) is 11.2. The molecule has 1 fully saturated rings. The number of piperazine rings is 1. The highest BCUT2D eigenvalue weighted by Gasteiger charge is 2.34. The Balaban J connectivity index is 1.53. The molecule has 1 aliphatic heterocycles. The Morgan fingerprint density at radius 2 is 1.74 bits per heavy atom. The second-order valence-corrected chi connectivity index (χ2v) is 9.45. The zero-order valence-corrected chi connectivity index (χ0v) is 17.9. The summed E-state index contributed by atoms with van der Waals surface area (Å²) in [6.45, 7) is 3.33. The third-order valence-corrected chi connectivity index (χ3v) is 6.93. The number of aliphatic hydroxyl groups excluding tert-OH is 1. The molecule has 2 aromatic rings. The Morgan fingerprint density at radius 1 is 1.06 bits per heavy atom. The number of aryl methyl sites for hydroxylation is 1. The highest BCUT2D eigenvalue weighted by atomic mass is 32.2. The van der Waals surface area contributed by atoms with Crippen molar-refractivity contribution in [2.45, 2.75) is 24.1 Å². The maximum absolute atomic E-state index is 12.9. The van der Waals surface area contributed by atoms with Crippen molar-refractivity contribution in [3.63, 3.8) is 0 Å². The second kappa shape index (κ2) is 9.56.